The van der Waals surface area contributed by atoms with Gasteiger partial charge in [0.15, 0.2) is 0 Å². The number of hydrogen-bond donors (Lipinski definition) is 0. The Morgan fingerprint density at radius 3 is 2.64 bits per heavy atom. The molecule has 166 valence electrons. The van der Waals surface area contributed by atoms with E-state index in [1.165, 1.54) is 16.2 Å². The molecule has 0 spiro atoms. The number of thiophene rings is 1. The number of carbonyl (C=O) groups is 2. The van der Waals surface area contributed by atoms with Crippen LogP contribution < -0.4 is 4.90 Å². The van der Waals surface area contributed by atoms with Crippen molar-refractivity contribution in [1.82, 2.24) is 0 Å². The minimum Gasteiger partial charge on any atom is -0.391 e. The van der Waals surface area contributed by atoms with Crippen LogP contribution in [0.5, 0.6) is 0 Å². The predicted molar refractivity (Wildman–Crippen MR) is 123 cm³/mol. The fourth-order valence-corrected chi connectivity index (χ4v) is 8.62. The highest BCUT2D eigenvalue weighted by atomic mass is 35.5. The summed E-state index contributed by atoms with van der Waals surface area (Å²) in [6.07, 6.45) is 4.47. The zero-order valence-corrected chi connectivity index (χ0v) is 19.2. The number of oxime groups is 1. The molecule has 1 aromatic carbocycles. The van der Waals surface area contributed by atoms with E-state index >= 15 is 0 Å². The molecule has 2 aliphatic heterocycles. The molecule has 2 amide bonds. The molecule has 3 heterocycles. The van der Waals surface area contributed by atoms with Crippen molar-refractivity contribution < 1.29 is 14.4 Å². The van der Waals surface area contributed by atoms with Gasteiger partial charge >= 0.3 is 0 Å². The van der Waals surface area contributed by atoms with Gasteiger partial charge in [0.25, 0.3) is 0 Å². The van der Waals surface area contributed by atoms with Gasteiger partial charge in [0.05, 0.1) is 23.1 Å². The van der Waals surface area contributed by atoms with Gasteiger partial charge in [0, 0.05) is 27.3 Å². The summed E-state index contributed by atoms with van der Waals surface area (Å²) in [5, 5.41) is 15.4. The fourth-order valence-electron chi connectivity index (χ4n) is 7.04. The highest BCUT2D eigenvalue weighted by molar-refractivity contribution is 7.17. The molecule has 33 heavy (non-hydrogen) atoms. The van der Waals surface area contributed by atoms with Crippen LogP contribution in [0.4, 0.5) is 5.00 Å². The minimum absolute atomic E-state index is 0.0101. The van der Waals surface area contributed by atoms with E-state index in [2.05, 4.69) is 11.2 Å². The summed E-state index contributed by atoms with van der Waals surface area (Å²) in [7, 11) is 0. The average molecular weight is 478 g/mol. The summed E-state index contributed by atoms with van der Waals surface area (Å²) < 4.78 is 0. The molecular weight excluding hydrogens is 458 g/mol. The second kappa shape index (κ2) is 6.91. The molecule has 6 atom stereocenters. The number of nitrogens with zero attached hydrogens (tertiary/aromatic N) is 3. The lowest BCUT2D eigenvalue weighted by molar-refractivity contribution is -0.125. The summed E-state index contributed by atoms with van der Waals surface area (Å²) in [5.74, 6) is -1.20. The van der Waals surface area contributed by atoms with Crippen molar-refractivity contribution in [3.8, 4) is 6.07 Å². The number of anilines is 1. The molecule has 5 aliphatic rings. The van der Waals surface area contributed by atoms with Crippen LogP contribution in [0.15, 0.2) is 29.4 Å². The number of benzene rings is 1. The number of imide groups is 1. The number of nitriles is 1. The third-order valence-corrected chi connectivity index (χ3v) is 9.91. The molecule has 6 nitrogen and oxygen atoms in total. The van der Waals surface area contributed by atoms with Gasteiger partial charge in [-0.05, 0) is 49.7 Å². The zero-order valence-electron chi connectivity index (χ0n) is 17.7. The van der Waals surface area contributed by atoms with Gasteiger partial charge in [-0.1, -0.05) is 35.0 Å². The maximum Gasteiger partial charge on any atom is 0.238 e. The first-order valence-corrected chi connectivity index (χ1v) is 12.7. The molecule has 1 aromatic heterocycles. The molecule has 7 rings (SSSR count). The molecule has 3 fully saturated rings. The van der Waals surface area contributed by atoms with Crippen LogP contribution in [-0.2, 0) is 27.3 Å². The highest BCUT2D eigenvalue weighted by Crippen LogP contribution is 2.62. The van der Waals surface area contributed by atoms with E-state index in [0.717, 1.165) is 53.8 Å². The number of carbonyl (C=O) groups excluding carboxylic acids is 2. The van der Waals surface area contributed by atoms with Gasteiger partial charge in [-0.2, -0.15) is 5.26 Å². The van der Waals surface area contributed by atoms with E-state index < -0.39 is 5.92 Å². The highest BCUT2D eigenvalue weighted by Gasteiger charge is 2.70. The molecule has 0 N–H and O–H groups in total. The quantitative estimate of drug-likeness (QED) is 0.603. The van der Waals surface area contributed by atoms with Crippen molar-refractivity contribution in [3.63, 3.8) is 0 Å². The van der Waals surface area contributed by atoms with Crippen LogP contribution in [-0.4, -0.2) is 23.6 Å². The van der Waals surface area contributed by atoms with Crippen LogP contribution in [0.25, 0.3) is 0 Å². The smallest absolute Gasteiger partial charge is 0.238 e. The number of halogens is 1. The Balaban J connectivity index is 1.27. The largest absolute Gasteiger partial charge is 0.391 e. The van der Waals surface area contributed by atoms with Crippen LogP contribution >= 0.6 is 22.9 Å². The number of amides is 2. The monoisotopic (exact) mass is 477 g/mol. The first-order chi connectivity index (χ1) is 16.1. The fraction of sp³-hybridized carbons (Fsp3) is 0.440. The van der Waals surface area contributed by atoms with Gasteiger partial charge in [0.1, 0.15) is 17.2 Å². The minimum atomic E-state index is -0.393. The Morgan fingerprint density at radius 2 is 1.85 bits per heavy atom. The number of aryl methyl sites for hydroxylation is 1. The normalized spacial score (nSPS) is 33.5. The molecule has 2 aromatic rings. The molecule has 3 aliphatic carbocycles. The second-order valence-corrected chi connectivity index (χ2v) is 11.2. The predicted octanol–water partition coefficient (Wildman–Crippen LogP) is 4.33. The Labute approximate surface area is 199 Å². The zero-order chi connectivity index (χ0) is 22.4. The van der Waals surface area contributed by atoms with Crippen molar-refractivity contribution in [2.24, 2.45) is 34.7 Å². The van der Waals surface area contributed by atoms with Gasteiger partial charge < -0.3 is 4.84 Å². The van der Waals surface area contributed by atoms with Crippen LogP contribution in [0, 0.1) is 40.9 Å². The molecule has 6 unspecified atom stereocenters. The maximum atomic E-state index is 13.8. The van der Waals surface area contributed by atoms with Crippen molar-refractivity contribution in [2.75, 3.05) is 4.90 Å². The van der Waals surface area contributed by atoms with E-state index in [4.69, 9.17) is 16.4 Å². The number of rotatable bonds is 2. The Hall–Kier alpha value is -2.69. The van der Waals surface area contributed by atoms with E-state index in [9.17, 15) is 14.9 Å². The maximum absolute atomic E-state index is 13.8. The van der Waals surface area contributed by atoms with E-state index in [-0.39, 0.29) is 41.6 Å². The first kappa shape index (κ1) is 19.7. The Kier molecular flexibility index (Phi) is 4.13. The third-order valence-electron chi connectivity index (χ3n) is 8.31. The molecular formula is C25H20ClN3O3S. The first-order valence-electron chi connectivity index (χ1n) is 11.5. The molecule has 8 heteroatoms. The number of hydrogen-bond acceptors (Lipinski definition) is 6. The van der Waals surface area contributed by atoms with Crippen LogP contribution in [0.1, 0.15) is 40.8 Å². The second-order valence-electron chi connectivity index (χ2n) is 9.68. The molecule has 2 bridgehead atoms. The third kappa shape index (κ3) is 2.46. The van der Waals surface area contributed by atoms with Gasteiger partial charge in [-0.15, -0.1) is 11.3 Å². The van der Waals surface area contributed by atoms with E-state index in [1.807, 2.05) is 24.3 Å². The summed E-state index contributed by atoms with van der Waals surface area (Å²) in [4.78, 5) is 35.8. The summed E-state index contributed by atoms with van der Waals surface area (Å²) in [6, 6.07) is 9.86. The lowest BCUT2D eigenvalue weighted by Crippen LogP contribution is -2.41. The average Bonchev–Trinajstić information content (AvgIpc) is 3.60. The summed E-state index contributed by atoms with van der Waals surface area (Å²) >= 11 is 7.91. The van der Waals surface area contributed by atoms with Gasteiger partial charge in [0.2, 0.25) is 11.8 Å². The Morgan fingerprint density at radius 1 is 1.09 bits per heavy atom. The Bertz CT molecular complexity index is 1310. The molecule has 0 radical (unpaired) electrons. The lowest BCUT2D eigenvalue weighted by atomic mass is 9.71. The van der Waals surface area contributed by atoms with Crippen LogP contribution in [0.2, 0.25) is 5.02 Å². The topological polar surface area (TPSA) is 82.8 Å². The van der Waals surface area contributed by atoms with Crippen molar-refractivity contribution in [3.05, 3.63) is 50.9 Å². The van der Waals surface area contributed by atoms with Gasteiger partial charge in [-0.3, -0.25) is 9.59 Å². The standard InChI is InChI=1S/C25H20ClN3O3S/c26-16-7-3-1-6-12(16)21-20-13-9-14(22(20)32-28-21)19-18(13)23(30)29(24(19)31)25-15(10-27)11-5-2-4-8-17(11)33-25/h1,3,6-7,13-14,18-20,22H,2,4-5,8-9H2. The van der Waals surface area contributed by atoms with E-state index in [0.29, 0.717) is 15.6 Å². The number of fused-ring (bicyclic) bond motifs is 9. The van der Waals surface area contributed by atoms with Crippen LogP contribution in [0.3, 0.4) is 0 Å². The SMILES string of the molecule is N#Cc1c(N2C(=O)C3C4CC(C5C(c6ccccc6Cl)=NOC45)C3C2=O)sc2c1CCCC2. The molecule has 2 saturated carbocycles. The van der Waals surface area contributed by atoms with Crippen molar-refractivity contribution in [2.45, 2.75) is 38.2 Å². The lowest BCUT2D eigenvalue weighted by Gasteiger charge is -2.29. The summed E-state index contributed by atoms with van der Waals surface area (Å²) in [6.45, 7) is 0. The van der Waals surface area contributed by atoms with Crippen molar-refractivity contribution in [1.29, 1.82) is 5.26 Å². The van der Waals surface area contributed by atoms with Gasteiger partial charge in [-0.25, -0.2) is 4.90 Å². The van der Waals surface area contributed by atoms with E-state index in [1.54, 1.807) is 0 Å². The molecule has 1 saturated heterocycles. The van der Waals surface area contributed by atoms with Crippen molar-refractivity contribution >= 4 is 45.5 Å². The summed E-state index contributed by atoms with van der Waals surface area (Å²) in [5.41, 5.74) is 3.19.